The normalized spacial score (nSPS) is 25.2. The maximum absolute atomic E-state index is 11.6. The van der Waals surface area contributed by atoms with Crippen molar-refractivity contribution in [2.24, 2.45) is 5.73 Å². The molecule has 0 aliphatic carbocycles. The zero-order valence-electron chi connectivity index (χ0n) is 9.40. The molecule has 3 nitrogen and oxygen atoms in total. The predicted molar refractivity (Wildman–Crippen MR) is 67.0 cm³/mol. The SMILES string of the molecule is Cc1ccc(C2C(N)CC(=O)N2C)c(Br)c1. The Hall–Kier alpha value is -0.870. The number of likely N-dealkylation sites (tertiary alicyclic amines) is 1. The van der Waals surface area contributed by atoms with Gasteiger partial charge in [-0.3, -0.25) is 4.79 Å². The number of benzene rings is 1. The summed E-state index contributed by atoms with van der Waals surface area (Å²) >= 11 is 3.54. The lowest BCUT2D eigenvalue weighted by Crippen LogP contribution is -2.30. The molecule has 16 heavy (non-hydrogen) atoms. The molecule has 1 aliphatic heterocycles. The fourth-order valence-electron chi connectivity index (χ4n) is 2.21. The minimum atomic E-state index is -0.114. The van der Waals surface area contributed by atoms with E-state index in [0.29, 0.717) is 6.42 Å². The van der Waals surface area contributed by atoms with Crippen LogP contribution >= 0.6 is 15.9 Å². The van der Waals surface area contributed by atoms with E-state index in [9.17, 15) is 4.79 Å². The minimum absolute atomic E-state index is 0.0116. The summed E-state index contributed by atoms with van der Waals surface area (Å²) in [6, 6.07) is 6.01. The van der Waals surface area contributed by atoms with E-state index in [1.54, 1.807) is 4.90 Å². The van der Waals surface area contributed by atoms with Gasteiger partial charge in [0.1, 0.15) is 0 Å². The Morgan fingerprint density at radius 1 is 1.50 bits per heavy atom. The summed E-state index contributed by atoms with van der Waals surface area (Å²) < 4.78 is 1.02. The van der Waals surface area contributed by atoms with Gasteiger partial charge in [-0.25, -0.2) is 0 Å². The van der Waals surface area contributed by atoms with Crippen LogP contribution in [0.1, 0.15) is 23.6 Å². The van der Waals surface area contributed by atoms with Gasteiger partial charge >= 0.3 is 0 Å². The summed E-state index contributed by atoms with van der Waals surface area (Å²) in [5.41, 5.74) is 8.30. The van der Waals surface area contributed by atoms with Gasteiger partial charge in [0.25, 0.3) is 0 Å². The molecule has 1 aromatic carbocycles. The van der Waals surface area contributed by atoms with Gasteiger partial charge in [-0.2, -0.15) is 0 Å². The van der Waals surface area contributed by atoms with Crippen molar-refractivity contribution in [1.29, 1.82) is 0 Å². The first-order valence-electron chi connectivity index (χ1n) is 5.28. The molecule has 1 aliphatic rings. The number of hydrogen-bond acceptors (Lipinski definition) is 2. The highest BCUT2D eigenvalue weighted by molar-refractivity contribution is 9.10. The second kappa shape index (κ2) is 4.18. The molecular weight excluding hydrogens is 268 g/mol. The van der Waals surface area contributed by atoms with Crippen molar-refractivity contribution in [3.8, 4) is 0 Å². The van der Waals surface area contributed by atoms with Gasteiger partial charge in [-0.1, -0.05) is 28.1 Å². The Balaban J connectivity index is 2.40. The zero-order valence-corrected chi connectivity index (χ0v) is 11.0. The Morgan fingerprint density at radius 3 is 2.69 bits per heavy atom. The van der Waals surface area contributed by atoms with E-state index in [2.05, 4.69) is 22.0 Å². The van der Waals surface area contributed by atoms with E-state index in [-0.39, 0.29) is 18.0 Å². The standard InChI is InChI=1S/C12H15BrN2O/c1-7-3-4-8(9(13)5-7)12-10(14)6-11(16)15(12)2/h3-5,10,12H,6,14H2,1-2H3. The number of carbonyl (C=O) groups is 1. The topological polar surface area (TPSA) is 46.3 Å². The van der Waals surface area contributed by atoms with Crippen molar-refractivity contribution < 1.29 is 4.79 Å². The molecule has 1 amide bonds. The van der Waals surface area contributed by atoms with E-state index < -0.39 is 0 Å². The van der Waals surface area contributed by atoms with Crippen molar-refractivity contribution in [3.63, 3.8) is 0 Å². The Bertz CT molecular complexity index is 433. The van der Waals surface area contributed by atoms with Crippen LogP contribution in [0.3, 0.4) is 0 Å². The van der Waals surface area contributed by atoms with E-state index in [4.69, 9.17) is 5.73 Å². The van der Waals surface area contributed by atoms with Gasteiger partial charge in [-0.15, -0.1) is 0 Å². The minimum Gasteiger partial charge on any atom is -0.337 e. The molecule has 1 aromatic rings. The summed E-state index contributed by atoms with van der Waals surface area (Å²) in [5, 5.41) is 0. The predicted octanol–water partition coefficient (Wildman–Crippen LogP) is 1.99. The highest BCUT2D eigenvalue weighted by Crippen LogP contribution is 2.35. The summed E-state index contributed by atoms with van der Waals surface area (Å²) in [4.78, 5) is 13.3. The summed E-state index contributed by atoms with van der Waals surface area (Å²) in [7, 11) is 1.81. The van der Waals surface area contributed by atoms with Crippen LogP contribution in [0.15, 0.2) is 22.7 Å². The molecule has 2 atom stereocenters. The third kappa shape index (κ3) is 1.87. The molecule has 86 valence electrons. The number of hydrogen-bond donors (Lipinski definition) is 1. The van der Waals surface area contributed by atoms with Crippen molar-refractivity contribution in [1.82, 2.24) is 4.90 Å². The molecule has 1 fully saturated rings. The molecule has 4 heteroatoms. The Labute approximate surface area is 104 Å². The van der Waals surface area contributed by atoms with Crippen LogP contribution in [0.5, 0.6) is 0 Å². The molecule has 1 saturated heterocycles. The van der Waals surface area contributed by atoms with Gasteiger partial charge in [-0.05, 0) is 24.1 Å². The average Bonchev–Trinajstić information content (AvgIpc) is 2.43. The van der Waals surface area contributed by atoms with E-state index in [1.165, 1.54) is 5.56 Å². The van der Waals surface area contributed by atoms with Crippen LogP contribution < -0.4 is 5.73 Å². The van der Waals surface area contributed by atoms with Crippen molar-refractivity contribution in [2.45, 2.75) is 25.4 Å². The van der Waals surface area contributed by atoms with Crippen molar-refractivity contribution in [3.05, 3.63) is 33.8 Å². The van der Waals surface area contributed by atoms with Crippen molar-refractivity contribution in [2.75, 3.05) is 7.05 Å². The quantitative estimate of drug-likeness (QED) is 0.856. The first kappa shape index (κ1) is 11.6. The molecule has 0 bridgehead atoms. The molecule has 2 unspecified atom stereocenters. The second-order valence-corrected chi connectivity index (χ2v) is 5.20. The van der Waals surface area contributed by atoms with Gasteiger partial charge in [0, 0.05) is 24.0 Å². The average molecular weight is 283 g/mol. The van der Waals surface area contributed by atoms with Crippen LogP contribution in [0, 0.1) is 6.92 Å². The number of carbonyl (C=O) groups excluding carboxylic acids is 1. The van der Waals surface area contributed by atoms with Crippen LogP contribution in [0.25, 0.3) is 0 Å². The number of rotatable bonds is 1. The van der Waals surface area contributed by atoms with E-state index >= 15 is 0 Å². The fourth-order valence-corrected chi connectivity index (χ4v) is 2.94. The number of aryl methyl sites for hydroxylation is 1. The molecule has 1 heterocycles. The maximum atomic E-state index is 11.6. The van der Waals surface area contributed by atoms with Gasteiger partial charge in [0.2, 0.25) is 5.91 Å². The number of nitrogens with zero attached hydrogens (tertiary/aromatic N) is 1. The lowest BCUT2D eigenvalue weighted by molar-refractivity contribution is -0.127. The lowest BCUT2D eigenvalue weighted by Gasteiger charge is -2.24. The van der Waals surface area contributed by atoms with Crippen LogP contribution in [-0.2, 0) is 4.79 Å². The summed E-state index contributed by atoms with van der Waals surface area (Å²) in [6.45, 7) is 2.04. The molecule has 0 radical (unpaired) electrons. The smallest absolute Gasteiger partial charge is 0.224 e. The highest BCUT2D eigenvalue weighted by Gasteiger charge is 2.36. The first-order valence-corrected chi connectivity index (χ1v) is 6.07. The molecular formula is C12H15BrN2O. The summed E-state index contributed by atoms with van der Waals surface area (Å²) in [6.07, 6.45) is 0.432. The summed E-state index contributed by atoms with van der Waals surface area (Å²) in [5.74, 6) is 0.116. The Morgan fingerprint density at radius 2 is 2.19 bits per heavy atom. The highest BCUT2D eigenvalue weighted by atomic mass is 79.9. The van der Waals surface area contributed by atoms with Crippen LogP contribution in [-0.4, -0.2) is 23.9 Å². The van der Waals surface area contributed by atoms with Gasteiger partial charge in [0.15, 0.2) is 0 Å². The third-order valence-electron chi connectivity index (χ3n) is 3.10. The molecule has 2 N–H and O–H groups in total. The third-order valence-corrected chi connectivity index (χ3v) is 3.79. The Kier molecular flexibility index (Phi) is 3.04. The van der Waals surface area contributed by atoms with Crippen LogP contribution in [0.4, 0.5) is 0 Å². The van der Waals surface area contributed by atoms with Gasteiger partial charge in [0.05, 0.1) is 6.04 Å². The van der Waals surface area contributed by atoms with E-state index in [0.717, 1.165) is 10.0 Å². The first-order chi connectivity index (χ1) is 7.50. The van der Waals surface area contributed by atoms with Crippen molar-refractivity contribution >= 4 is 21.8 Å². The van der Waals surface area contributed by atoms with E-state index in [1.807, 2.05) is 26.1 Å². The van der Waals surface area contributed by atoms with Crippen LogP contribution in [0.2, 0.25) is 0 Å². The number of halogens is 1. The van der Waals surface area contributed by atoms with Gasteiger partial charge < -0.3 is 10.6 Å². The largest absolute Gasteiger partial charge is 0.337 e. The maximum Gasteiger partial charge on any atom is 0.224 e. The lowest BCUT2D eigenvalue weighted by atomic mass is 10.00. The number of amides is 1. The monoisotopic (exact) mass is 282 g/mol. The molecule has 0 spiro atoms. The number of likely N-dealkylation sites (N-methyl/N-ethyl adjacent to an activating group) is 1. The second-order valence-electron chi connectivity index (χ2n) is 4.34. The fraction of sp³-hybridized carbons (Fsp3) is 0.417. The zero-order chi connectivity index (χ0) is 11.9. The molecule has 0 saturated carbocycles. The number of nitrogens with two attached hydrogens (primary N) is 1. The molecule has 0 aromatic heterocycles. The molecule has 2 rings (SSSR count).